The number of anilines is 1. The summed E-state index contributed by atoms with van der Waals surface area (Å²) in [4.78, 5) is 37.1. The van der Waals surface area contributed by atoms with Gasteiger partial charge in [-0.1, -0.05) is 0 Å². The Balaban J connectivity index is 0.000000331. The fraction of sp³-hybridized carbons (Fsp3) is 0.100. The summed E-state index contributed by atoms with van der Waals surface area (Å²) in [7, 11) is 0. The quantitative estimate of drug-likeness (QED) is 0.653. The molecule has 0 spiro atoms. The maximum absolute atomic E-state index is 10.4. The smallest absolute Gasteiger partial charge is 0.328 e. The van der Waals surface area contributed by atoms with Crippen molar-refractivity contribution in [2.24, 2.45) is 0 Å². The number of nitrogens with one attached hydrogen (secondary N) is 1. The van der Waals surface area contributed by atoms with Gasteiger partial charge in [-0.05, 0) is 6.07 Å². The van der Waals surface area contributed by atoms with Gasteiger partial charge >= 0.3 is 11.9 Å². The molecule has 0 aromatic carbocycles. The molecule has 0 fully saturated rings. The molecule has 1 aromatic heterocycles. The van der Waals surface area contributed by atoms with Gasteiger partial charge in [0.1, 0.15) is 0 Å². The molecule has 18 heavy (non-hydrogen) atoms. The Labute approximate surface area is 102 Å². The van der Waals surface area contributed by atoms with Gasteiger partial charge in [0, 0.05) is 31.5 Å². The number of carboxylic acids is 2. The van der Waals surface area contributed by atoms with Crippen LogP contribution in [0.1, 0.15) is 6.92 Å². The zero-order valence-corrected chi connectivity index (χ0v) is 9.40. The topological polar surface area (TPSA) is 129 Å². The van der Waals surface area contributed by atoms with Gasteiger partial charge in [-0.3, -0.25) is 10.1 Å². The van der Waals surface area contributed by atoms with E-state index in [2.05, 4.69) is 15.3 Å². The normalized spacial score (nSPS) is 9.17. The maximum Gasteiger partial charge on any atom is 0.328 e. The van der Waals surface area contributed by atoms with Crippen LogP contribution in [-0.4, -0.2) is 38.0 Å². The van der Waals surface area contributed by atoms with Crippen molar-refractivity contribution in [1.82, 2.24) is 9.97 Å². The monoisotopic (exact) mass is 253 g/mol. The predicted molar refractivity (Wildman–Crippen MR) is 60.7 cm³/mol. The number of amides is 1. The maximum atomic E-state index is 10.4. The first-order chi connectivity index (χ1) is 8.41. The predicted octanol–water partition coefficient (Wildman–Crippen LogP) is 0.147. The highest BCUT2D eigenvalue weighted by molar-refractivity contribution is 5.89. The fourth-order valence-corrected chi connectivity index (χ4v) is 0.664. The number of carboxylic acid groups (broad SMARTS) is 2. The van der Waals surface area contributed by atoms with E-state index in [1.165, 1.54) is 6.92 Å². The molecule has 8 heteroatoms. The van der Waals surface area contributed by atoms with Crippen LogP contribution in [0.2, 0.25) is 0 Å². The third kappa shape index (κ3) is 9.77. The molecular weight excluding hydrogens is 242 g/mol. The van der Waals surface area contributed by atoms with Gasteiger partial charge in [-0.2, -0.15) is 0 Å². The molecule has 96 valence electrons. The molecule has 0 atom stereocenters. The van der Waals surface area contributed by atoms with E-state index in [0.29, 0.717) is 18.1 Å². The van der Waals surface area contributed by atoms with Gasteiger partial charge in [0.05, 0.1) is 0 Å². The highest BCUT2D eigenvalue weighted by atomic mass is 16.4. The van der Waals surface area contributed by atoms with Crippen molar-refractivity contribution in [2.75, 3.05) is 5.32 Å². The largest absolute Gasteiger partial charge is 0.478 e. The first-order valence-corrected chi connectivity index (χ1v) is 4.60. The average Bonchev–Trinajstić information content (AvgIpc) is 2.28. The summed E-state index contributed by atoms with van der Waals surface area (Å²) in [6, 6.07) is 1.69. The molecule has 0 saturated carbocycles. The van der Waals surface area contributed by atoms with Crippen molar-refractivity contribution < 1.29 is 24.6 Å². The molecular formula is C10H11N3O5. The van der Waals surface area contributed by atoms with Crippen LogP contribution in [0.25, 0.3) is 0 Å². The van der Waals surface area contributed by atoms with Crippen LogP contribution >= 0.6 is 0 Å². The lowest BCUT2D eigenvalue weighted by Gasteiger charge is -1.95. The van der Waals surface area contributed by atoms with E-state index >= 15 is 0 Å². The van der Waals surface area contributed by atoms with E-state index in [9.17, 15) is 14.4 Å². The zero-order valence-electron chi connectivity index (χ0n) is 9.40. The van der Waals surface area contributed by atoms with Crippen LogP contribution in [0.5, 0.6) is 0 Å². The molecule has 0 radical (unpaired) electrons. The molecule has 0 aliphatic rings. The number of hydrogen-bond acceptors (Lipinski definition) is 5. The Bertz CT molecular complexity index is 428. The van der Waals surface area contributed by atoms with Gasteiger partial charge in [0.25, 0.3) is 0 Å². The molecule has 0 saturated heterocycles. The van der Waals surface area contributed by atoms with Crippen LogP contribution in [0.3, 0.4) is 0 Å². The van der Waals surface area contributed by atoms with Crippen LogP contribution in [0, 0.1) is 0 Å². The third-order valence-corrected chi connectivity index (χ3v) is 1.22. The summed E-state index contributed by atoms with van der Waals surface area (Å²) in [6.07, 6.45) is 4.25. The number of aliphatic carboxylic acids is 2. The minimum absolute atomic E-state index is 0.161. The van der Waals surface area contributed by atoms with E-state index < -0.39 is 11.9 Å². The Morgan fingerprint density at radius 1 is 1.11 bits per heavy atom. The highest BCUT2D eigenvalue weighted by Crippen LogP contribution is 1.91. The number of carbonyl (C=O) groups excluding carboxylic acids is 1. The Hall–Kier alpha value is -2.77. The molecule has 0 aliphatic carbocycles. The first kappa shape index (κ1) is 15.2. The number of aromatic nitrogens is 2. The molecule has 1 amide bonds. The van der Waals surface area contributed by atoms with Crippen molar-refractivity contribution in [1.29, 1.82) is 0 Å². The van der Waals surface area contributed by atoms with Crippen LogP contribution < -0.4 is 5.32 Å². The fourth-order valence-electron chi connectivity index (χ4n) is 0.664. The summed E-state index contributed by atoms with van der Waals surface area (Å²) in [5.74, 6) is -2.33. The molecule has 1 aromatic rings. The second kappa shape index (κ2) is 8.39. The minimum atomic E-state index is -1.26. The summed E-state index contributed by atoms with van der Waals surface area (Å²) in [5.41, 5.74) is 0. The molecule has 1 rings (SSSR count). The SMILES string of the molecule is CC(=O)Nc1ncccn1.O=C(O)/C=C/C(=O)O. The molecule has 0 unspecified atom stereocenters. The third-order valence-electron chi connectivity index (χ3n) is 1.22. The van der Waals surface area contributed by atoms with Gasteiger partial charge < -0.3 is 10.2 Å². The van der Waals surface area contributed by atoms with Gasteiger partial charge in [-0.15, -0.1) is 0 Å². The zero-order chi connectivity index (χ0) is 14.0. The van der Waals surface area contributed by atoms with Gasteiger partial charge in [0.15, 0.2) is 0 Å². The molecule has 3 N–H and O–H groups in total. The van der Waals surface area contributed by atoms with Crippen LogP contribution in [0.15, 0.2) is 30.6 Å². The van der Waals surface area contributed by atoms with Crippen LogP contribution in [0.4, 0.5) is 5.95 Å². The van der Waals surface area contributed by atoms with Crippen LogP contribution in [-0.2, 0) is 14.4 Å². The molecule has 0 bridgehead atoms. The van der Waals surface area contributed by atoms with E-state index in [1.807, 2.05) is 0 Å². The number of nitrogens with zero attached hydrogens (tertiary/aromatic N) is 2. The second-order valence-corrected chi connectivity index (χ2v) is 2.76. The first-order valence-electron chi connectivity index (χ1n) is 4.60. The second-order valence-electron chi connectivity index (χ2n) is 2.76. The average molecular weight is 253 g/mol. The lowest BCUT2D eigenvalue weighted by Crippen LogP contribution is -2.08. The number of rotatable bonds is 3. The Morgan fingerprint density at radius 2 is 1.56 bits per heavy atom. The minimum Gasteiger partial charge on any atom is -0.478 e. The van der Waals surface area contributed by atoms with Crippen molar-refractivity contribution in [3.63, 3.8) is 0 Å². The molecule has 8 nitrogen and oxygen atoms in total. The lowest BCUT2D eigenvalue weighted by molar-refractivity contribution is -0.134. The molecule has 0 aliphatic heterocycles. The van der Waals surface area contributed by atoms with E-state index in [-0.39, 0.29) is 5.91 Å². The highest BCUT2D eigenvalue weighted by Gasteiger charge is 1.93. The van der Waals surface area contributed by atoms with E-state index in [4.69, 9.17) is 10.2 Å². The van der Waals surface area contributed by atoms with Crippen molar-refractivity contribution in [3.8, 4) is 0 Å². The van der Waals surface area contributed by atoms with E-state index in [0.717, 1.165) is 0 Å². The van der Waals surface area contributed by atoms with Gasteiger partial charge in [-0.25, -0.2) is 19.6 Å². The lowest BCUT2D eigenvalue weighted by atomic mass is 10.5. The Morgan fingerprint density at radius 3 is 1.89 bits per heavy atom. The summed E-state index contributed by atoms with van der Waals surface area (Å²) in [5, 5.41) is 18.1. The van der Waals surface area contributed by atoms with E-state index in [1.54, 1.807) is 18.5 Å². The summed E-state index contributed by atoms with van der Waals surface area (Å²) in [6.45, 7) is 1.41. The Kier molecular flexibility index (Phi) is 7.10. The van der Waals surface area contributed by atoms with Crippen molar-refractivity contribution in [3.05, 3.63) is 30.6 Å². The molecule has 1 heterocycles. The van der Waals surface area contributed by atoms with Crippen molar-refractivity contribution in [2.45, 2.75) is 6.92 Å². The summed E-state index contributed by atoms with van der Waals surface area (Å²) < 4.78 is 0. The van der Waals surface area contributed by atoms with Gasteiger partial charge in [0.2, 0.25) is 11.9 Å². The summed E-state index contributed by atoms with van der Waals surface area (Å²) >= 11 is 0. The standard InChI is InChI=1S/C6H7N3O.C4H4O4/c1-5(10)9-6-7-3-2-4-8-6;5-3(6)1-2-4(7)8/h2-4H,1H3,(H,7,8,9,10);1-2H,(H,5,6)(H,7,8)/b;2-1+. The number of hydrogen-bond donors (Lipinski definition) is 3. The number of carbonyl (C=O) groups is 3. The van der Waals surface area contributed by atoms with Crippen molar-refractivity contribution >= 4 is 23.8 Å².